The molecule has 0 atom stereocenters. The van der Waals surface area contributed by atoms with Gasteiger partial charge in [-0.3, -0.25) is 0 Å². The Labute approximate surface area is 118 Å². The molecule has 0 fully saturated rings. The summed E-state index contributed by atoms with van der Waals surface area (Å²) in [6.07, 6.45) is 2.22. The van der Waals surface area contributed by atoms with Crippen LogP contribution < -0.4 is 5.32 Å². The van der Waals surface area contributed by atoms with Gasteiger partial charge in [0.25, 0.3) is 0 Å². The first kappa shape index (κ1) is 14.2. The van der Waals surface area contributed by atoms with Gasteiger partial charge in [-0.25, -0.2) is 4.79 Å². The molecule has 1 heterocycles. The van der Waals surface area contributed by atoms with Gasteiger partial charge in [0, 0.05) is 11.3 Å². The number of hydrogen-bond donors (Lipinski definition) is 2. The van der Waals surface area contributed by atoms with Crippen LogP contribution in [-0.4, -0.2) is 11.1 Å². The fourth-order valence-electron chi connectivity index (χ4n) is 2.11. The second-order valence-corrected chi connectivity index (χ2v) is 4.83. The van der Waals surface area contributed by atoms with Crippen molar-refractivity contribution in [2.45, 2.75) is 33.2 Å². The molecule has 0 amide bonds. The Bertz CT molecular complexity index is 584. The maximum Gasteiger partial charge on any atom is 0.372 e. The van der Waals surface area contributed by atoms with Crippen molar-refractivity contribution in [1.82, 2.24) is 0 Å². The first-order chi connectivity index (χ1) is 9.60. The van der Waals surface area contributed by atoms with E-state index in [9.17, 15) is 4.79 Å². The summed E-state index contributed by atoms with van der Waals surface area (Å²) in [5.74, 6) is -0.393. The molecule has 106 valence electrons. The van der Waals surface area contributed by atoms with Crippen LogP contribution in [0.15, 0.2) is 34.7 Å². The van der Waals surface area contributed by atoms with Crippen molar-refractivity contribution < 1.29 is 14.3 Å². The van der Waals surface area contributed by atoms with E-state index in [1.807, 2.05) is 12.1 Å². The maximum absolute atomic E-state index is 10.9. The Morgan fingerprint density at radius 2 is 2.00 bits per heavy atom. The van der Waals surface area contributed by atoms with Gasteiger partial charge in [0.2, 0.25) is 5.76 Å². The highest BCUT2D eigenvalue weighted by atomic mass is 16.4. The van der Waals surface area contributed by atoms with Crippen LogP contribution in [0.25, 0.3) is 0 Å². The van der Waals surface area contributed by atoms with Gasteiger partial charge in [-0.2, -0.15) is 0 Å². The molecule has 0 radical (unpaired) electrons. The number of carbonyl (C=O) groups is 1. The van der Waals surface area contributed by atoms with E-state index < -0.39 is 5.97 Å². The van der Waals surface area contributed by atoms with Crippen LogP contribution in [0.2, 0.25) is 0 Å². The van der Waals surface area contributed by atoms with Crippen LogP contribution in [-0.2, 0) is 13.0 Å². The Hall–Kier alpha value is -2.23. The molecule has 4 heteroatoms. The summed E-state index contributed by atoms with van der Waals surface area (Å²) in [7, 11) is 0. The molecule has 0 saturated carbocycles. The predicted octanol–water partition coefficient (Wildman–Crippen LogP) is 3.85. The zero-order chi connectivity index (χ0) is 14.5. The van der Waals surface area contributed by atoms with Crippen molar-refractivity contribution in [2.24, 2.45) is 0 Å². The fourth-order valence-corrected chi connectivity index (χ4v) is 2.11. The molecule has 0 unspecified atom stereocenters. The standard InChI is InChI=1S/C16H19NO3/c1-3-4-12-5-7-13(8-6-12)17-10-14-9-11(2)15(20-14)16(18)19/h5-9,17H,3-4,10H2,1-2H3,(H,18,19). The molecule has 0 saturated heterocycles. The Balaban J connectivity index is 1.98. The summed E-state index contributed by atoms with van der Waals surface area (Å²) in [4.78, 5) is 10.9. The summed E-state index contributed by atoms with van der Waals surface area (Å²) in [6, 6.07) is 10.0. The van der Waals surface area contributed by atoms with Gasteiger partial charge in [0.1, 0.15) is 5.76 Å². The summed E-state index contributed by atoms with van der Waals surface area (Å²) in [5, 5.41) is 12.2. The molecule has 2 rings (SSSR count). The van der Waals surface area contributed by atoms with Gasteiger partial charge in [-0.1, -0.05) is 25.5 Å². The summed E-state index contributed by atoms with van der Waals surface area (Å²) >= 11 is 0. The highest BCUT2D eigenvalue weighted by molar-refractivity contribution is 5.86. The Morgan fingerprint density at radius 3 is 2.55 bits per heavy atom. The van der Waals surface area contributed by atoms with E-state index in [1.54, 1.807) is 13.0 Å². The van der Waals surface area contributed by atoms with E-state index in [0.29, 0.717) is 17.9 Å². The van der Waals surface area contributed by atoms with Gasteiger partial charge in [0.15, 0.2) is 0 Å². The smallest absolute Gasteiger partial charge is 0.372 e. The number of rotatable bonds is 6. The molecule has 0 aliphatic carbocycles. The summed E-state index contributed by atoms with van der Waals surface area (Å²) in [6.45, 7) is 4.36. The molecule has 0 aliphatic heterocycles. The van der Waals surface area contributed by atoms with Crippen molar-refractivity contribution in [2.75, 3.05) is 5.32 Å². The number of aryl methyl sites for hydroxylation is 2. The van der Waals surface area contributed by atoms with E-state index in [4.69, 9.17) is 9.52 Å². The van der Waals surface area contributed by atoms with E-state index in [-0.39, 0.29) is 5.76 Å². The number of carboxylic acids is 1. The molecular weight excluding hydrogens is 254 g/mol. The number of anilines is 1. The molecule has 0 aliphatic rings. The van der Waals surface area contributed by atoms with Crippen LogP contribution in [0.1, 0.15) is 40.8 Å². The molecular formula is C16H19NO3. The lowest BCUT2D eigenvalue weighted by Crippen LogP contribution is -1.98. The third-order valence-corrected chi connectivity index (χ3v) is 3.12. The fraction of sp³-hybridized carbons (Fsp3) is 0.312. The van der Waals surface area contributed by atoms with Gasteiger partial charge < -0.3 is 14.8 Å². The third-order valence-electron chi connectivity index (χ3n) is 3.12. The molecule has 20 heavy (non-hydrogen) atoms. The molecule has 2 aromatic rings. The summed E-state index contributed by atoms with van der Waals surface area (Å²) in [5.41, 5.74) is 2.96. The number of nitrogens with one attached hydrogen (secondary N) is 1. The van der Waals surface area contributed by atoms with Crippen molar-refractivity contribution in [3.05, 3.63) is 53.0 Å². The molecule has 0 spiro atoms. The normalized spacial score (nSPS) is 10.5. The average Bonchev–Trinajstić information content (AvgIpc) is 2.80. The molecule has 1 aromatic carbocycles. The lowest BCUT2D eigenvalue weighted by atomic mass is 10.1. The monoisotopic (exact) mass is 273 g/mol. The largest absolute Gasteiger partial charge is 0.475 e. The minimum absolute atomic E-state index is 0.0140. The van der Waals surface area contributed by atoms with E-state index in [0.717, 1.165) is 18.5 Å². The van der Waals surface area contributed by atoms with E-state index in [1.165, 1.54) is 5.56 Å². The van der Waals surface area contributed by atoms with Crippen molar-refractivity contribution in [1.29, 1.82) is 0 Å². The number of hydrogen-bond acceptors (Lipinski definition) is 3. The van der Waals surface area contributed by atoms with Crippen LogP contribution in [0, 0.1) is 6.92 Å². The minimum Gasteiger partial charge on any atom is -0.475 e. The molecule has 0 bridgehead atoms. The first-order valence-corrected chi connectivity index (χ1v) is 6.75. The first-order valence-electron chi connectivity index (χ1n) is 6.75. The highest BCUT2D eigenvalue weighted by Crippen LogP contribution is 2.17. The lowest BCUT2D eigenvalue weighted by molar-refractivity contribution is 0.0659. The van der Waals surface area contributed by atoms with Crippen molar-refractivity contribution in [3.63, 3.8) is 0 Å². The second kappa shape index (κ2) is 6.28. The van der Waals surface area contributed by atoms with Crippen LogP contribution >= 0.6 is 0 Å². The zero-order valence-electron chi connectivity index (χ0n) is 11.8. The van der Waals surface area contributed by atoms with Gasteiger partial charge in [-0.15, -0.1) is 0 Å². The third kappa shape index (κ3) is 3.41. The molecule has 4 nitrogen and oxygen atoms in total. The van der Waals surface area contributed by atoms with E-state index >= 15 is 0 Å². The molecule has 1 aromatic heterocycles. The average molecular weight is 273 g/mol. The number of furan rings is 1. The Kier molecular flexibility index (Phi) is 4.45. The zero-order valence-corrected chi connectivity index (χ0v) is 11.8. The number of aromatic carboxylic acids is 1. The number of benzene rings is 1. The van der Waals surface area contributed by atoms with Crippen LogP contribution in [0.5, 0.6) is 0 Å². The quantitative estimate of drug-likeness (QED) is 0.839. The minimum atomic E-state index is -1.03. The van der Waals surface area contributed by atoms with Gasteiger partial charge in [0.05, 0.1) is 6.54 Å². The predicted molar refractivity (Wildman–Crippen MR) is 78.2 cm³/mol. The maximum atomic E-state index is 10.9. The molecule has 2 N–H and O–H groups in total. The van der Waals surface area contributed by atoms with Gasteiger partial charge >= 0.3 is 5.97 Å². The number of carboxylic acid groups (broad SMARTS) is 1. The highest BCUT2D eigenvalue weighted by Gasteiger charge is 2.13. The van der Waals surface area contributed by atoms with Gasteiger partial charge in [-0.05, 0) is 37.1 Å². The SMILES string of the molecule is CCCc1ccc(NCc2cc(C)c(C(=O)O)o2)cc1. The van der Waals surface area contributed by atoms with Crippen LogP contribution in [0.4, 0.5) is 5.69 Å². The lowest BCUT2D eigenvalue weighted by Gasteiger charge is -2.05. The van der Waals surface area contributed by atoms with Crippen molar-refractivity contribution in [3.8, 4) is 0 Å². The van der Waals surface area contributed by atoms with E-state index in [2.05, 4.69) is 24.4 Å². The Morgan fingerprint density at radius 1 is 1.30 bits per heavy atom. The summed E-state index contributed by atoms with van der Waals surface area (Å²) < 4.78 is 5.30. The van der Waals surface area contributed by atoms with Crippen molar-refractivity contribution >= 4 is 11.7 Å². The van der Waals surface area contributed by atoms with Crippen LogP contribution in [0.3, 0.4) is 0 Å². The second-order valence-electron chi connectivity index (χ2n) is 4.83. The topological polar surface area (TPSA) is 62.5 Å².